The lowest BCUT2D eigenvalue weighted by atomic mass is 9.96. The van der Waals surface area contributed by atoms with Gasteiger partial charge in [-0.15, -0.1) is 0 Å². The smallest absolute Gasteiger partial charge is 0.327 e. The van der Waals surface area contributed by atoms with E-state index in [-0.39, 0.29) is 18.1 Å². The number of unbranched alkanes of at least 4 members (excludes halogenated alkanes) is 2. The van der Waals surface area contributed by atoms with Crippen molar-refractivity contribution in [2.45, 2.75) is 83.0 Å². The molecule has 10 N–H and O–H groups in total. The molecule has 0 aromatic rings. The number of thiol groups is 1. The Morgan fingerprint density at radius 2 is 1.39 bits per heavy atom. The highest BCUT2D eigenvalue weighted by atomic mass is 32.1. The van der Waals surface area contributed by atoms with E-state index in [9.17, 15) is 24.3 Å². The van der Waals surface area contributed by atoms with Gasteiger partial charge in [0.2, 0.25) is 17.7 Å². The van der Waals surface area contributed by atoms with E-state index < -0.39 is 47.9 Å². The molecule has 0 spiro atoms. The van der Waals surface area contributed by atoms with Crippen molar-refractivity contribution in [2.24, 2.45) is 23.1 Å². The number of carbonyl (C=O) groups excluding carboxylic acids is 3. The normalized spacial score (nSPS) is 15.6. The molecule has 0 fully saturated rings. The number of carboxylic acid groups (broad SMARTS) is 1. The molecular formula is C21H42N6O5S. The topological polar surface area (TPSA) is 203 Å². The van der Waals surface area contributed by atoms with Gasteiger partial charge in [-0.1, -0.05) is 26.7 Å². The first-order valence-corrected chi connectivity index (χ1v) is 12.2. The average molecular weight is 491 g/mol. The van der Waals surface area contributed by atoms with Crippen molar-refractivity contribution < 1.29 is 24.3 Å². The van der Waals surface area contributed by atoms with Crippen LogP contribution >= 0.6 is 12.6 Å². The second kappa shape index (κ2) is 17.6. The minimum atomic E-state index is -1.22. The van der Waals surface area contributed by atoms with Gasteiger partial charge in [-0.05, 0) is 51.1 Å². The third-order valence-corrected chi connectivity index (χ3v) is 5.84. The van der Waals surface area contributed by atoms with E-state index >= 15 is 0 Å². The molecule has 0 aliphatic rings. The van der Waals surface area contributed by atoms with Crippen molar-refractivity contribution in [3.63, 3.8) is 0 Å². The molecule has 3 amide bonds. The highest BCUT2D eigenvalue weighted by Gasteiger charge is 2.32. The van der Waals surface area contributed by atoms with Crippen LogP contribution in [0.1, 0.15) is 58.8 Å². The van der Waals surface area contributed by atoms with Gasteiger partial charge in [0.05, 0.1) is 6.04 Å². The second-order valence-electron chi connectivity index (χ2n) is 8.19. The Kier molecular flexibility index (Phi) is 16.6. The number of nitrogens with one attached hydrogen (secondary N) is 3. The Morgan fingerprint density at radius 1 is 0.848 bits per heavy atom. The van der Waals surface area contributed by atoms with E-state index in [1.165, 1.54) is 0 Å². The van der Waals surface area contributed by atoms with E-state index in [4.69, 9.17) is 17.2 Å². The molecule has 0 saturated heterocycles. The lowest BCUT2D eigenvalue weighted by molar-refractivity contribution is -0.141. The summed E-state index contributed by atoms with van der Waals surface area (Å²) >= 11 is 3.95. The van der Waals surface area contributed by atoms with Gasteiger partial charge in [0.25, 0.3) is 0 Å². The zero-order valence-corrected chi connectivity index (χ0v) is 20.6. The van der Waals surface area contributed by atoms with Gasteiger partial charge in [0.15, 0.2) is 0 Å². The van der Waals surface area contributed by atoms with Crippen molar-refractivity contribution >= 4 is 36.3 Å². The number of carboxylic acids is 1. The number of hydrogen-bond acceptors (Lipinski definition) is 8. The molecule has 33 heavy (non-hydrogen) atoms. The molecule has 0 aliphatic heterocycles. The fourth-order valence-corrected chi connectivity index (χ4v) is 3.33. The van der Waals surface area contributed by atoms with Crippen LogP contribution in [0, 0.1) is 5.92 Å². The zero-order valence-electron chi connectivity index (χ0n) is 19.7. The van der Waals surface area contributed by atoms with Gasteiger partial charge in [-0.25, -0.2) is 4.79 Å². The average Bonchev–Trinajstić information content (AvgIpc) is 2.79. The fraction of sp³-hybridized carbons (Fsp3) is 0.810. The van der Waals surface area contributed by atoms with Gasteiger partial charge >= 0.3 is 5.97 Å². The molecule has 0 radical (unpaired) electrons. The van der Waals surface area contributed by atoms with Crippen LogP contribution in [0.3, 0.4) is 0 Å². The first-order chi connectivity index (χ1) is 15.6. The summed E-state index contributed by atoms with van der Waals surface area (Å²) in [7, 11) is 0. The van der Waals surface area contributed by atoms with E-state index in [1.54, 1.807) is 0 Å². The van der Waals surface area contributed by atoms with Crippen LogP contribution in [0.5, 0.6) is 0 Å². The first-order valence-electron chi connectivity index (χ1n) is 11.5. The number of carbonyl (C=O) groups is 4. The van der Waals surface area contributed by atoms with Crippen LogP contribution < -0.4 is 33.2 Å². The maximum atomic E-state index is 13.1. The van der Waals surface area contributed by atoms with Crippen molar-refractivity contribution in [3.8, 4) is 0 Å². The zero-order chi connectivity index (χ0) is 25.4. The quantitative estimate of drug-likeness (QED) is 0.0890. The summed E-state index contributed by atoms with van der Waals surface area (Å²) in [6, 6.07) is -3.84. The predicted molar refractivity (Wildman–Crippen MR) is 131 cm³/mol. The van der Waals surface area contributed by atoms with Crippen molar-refractivity contribution in [1.82, 2.24) is 16.0 Å². The summed E-state index contributed by atoms with van der Waals surface area (Å²) in [5.41, 5.74) is 16.9. The summed E-state index contributed by atoms with van der Waals surface area (Å²) in [5, 5.41) is 17.0. The Balaban J connectivity index is 5.38. The fourth-order valence-electron chi connectivity index (χ4n) is 3.08. The summed E-state index contributed by atoms with van der Waals surface area (Å²) in [6.07, 6.45) is 3.96. The van der Waals surface area contributed by atoms with E-state index in [0.29, 0.717) is 45.2 Å². The number of amides is 3. The maximum Gasteiger partial charge on any atom is 0.327 e. The largest absolute Gasteiger partial charge is 0.480 e. The van der Waals surface area contributed by atoms with Crippen LogP contribution in [-0.2, 0) is 19.2 Å². The van der Waals surface area contributed by atoms with Crippen LogP contribution in [0.4, 0.5) is 0 Å². The summed E-state index contributed by atoms with van der Waals surface area (Å²) in [5.74, 6) is -3.15. The van der Waals surface area contributed by atoms with Crippen LogP contribution in [0.2, 0.25) is 0 Å². The van der Waals surface area contributed by atoms with Crippen molar-refractivity contribution in [3.05, 3.63) is 0 Å². The molecule has 0 bridgehead atoms. The third-order valence-electron chi connectivity index (χ3n) is 5.48. The van der Waals surface area contributed by atoms with E-state index in [2.05, 4.69) is 28.6 Å². The molecule has 0 aromatic carbocycles. The molecule has 0 saturated carbocycles. The Hall–Kier alpha value is -1.89. The number of aliphatic carboxylic acids is 1. The second-order valence-corrected chi connectivity index (χ2v) is 8.56. The van der Waals surface area contributed by atoms with Gasteiger partial charge in [0.1, 0.15) is 18.1 Å². The molecule has 192 valence electrons. The van der Waals surface area contributed by atoms with Crippen LogP contribution in [0.15, 0.2) is 0 Å². The lowest BCUT2D eigenvalue weighted by Crippen LogP contribution is -2.58. The SMILES string of the molecule is CCC(C)C(NC(=O)C(N)CCCCN)C(=O)NC(CCCCN)C(=O)NC(CS)C(=O)O. The Morgan fingerprint density at radius 3 is 1.88 bits per heavy atom. The van der Waals surface area contributed by atoms with Gasteiger partial charge < -0.3 is 38.3 Å². The van der Waals surface area contributed by atoms with Crippen LogP contribution in [-0.4, -0.2) is 71.8 Å². The number of rotatable bonds is 18. The minimum absolute atomic E-state index is 0.0991. The number of hydrogen-bond donors (Lipinski definition) is 8. The van der Waals surface area contributed by atoms with E-state index in [0.717, 1.165) is 6.42 Å². The van der Waals surface area contributed by atoms with Crippen molar-refractivity contribution in [2.75, 3.05) is 18.8 Å². The highest BCUT2D eigenvalue weighted by molar-refractivity contribution is 7.80. The molecule has 0 aromatic heterocycles. The summed E-state index contributed by atoms with van der Waals surface area (Å²) in [4.78, 5) is 49.6. The number of nitrogens with two attached hydrogens (primary N) is 3. The Bertz CT molecular complexity index is 624. The molecule has 11 nitrogen and oxygen atoms in total. The molecule has 5 unspecified atom stereocenters. The molecule has 12 heteroatoms. The van der Waals surface area contributed by atoms with Crippen LogP contribution in [0.25, 0.3) is 0 Å². The summed E-state index contributed by atoms with van der Waals surface area (Å²) in [6.45, 7) is 4.63. The molecule has 5 atom stereocenters. The van der Waals surface area contributed by atoms with Gasteiger partial charge in [0, 0.05) is 5.75 Å². The summed E-state index contributed by atoms with van der Waals surface area (Å²) < 4.78 is 0. The first kappa shape index (κ1) is 31.1. The predicted octanol–water partition coefficient (Wildman–Crippen LogP) is -0.913. The molecule has 0 rings (SSSR count). The van der Waals surface area contributed by atoms with E-state index in [1.807, 2.05) is 13.8 Å². The maximum absolute atomic E-state index is 13.1. The van der Waals surface area contributed by atoms with Gasteiger partial charge in [-0.2, -0.15) is 12.6 Å². The third kappa shape index (κ3) is 12.2. The standard InChI is InChI=1S/C21H42N6O5S/c1-3-13(2)17(27-18(28)14(24)8-4-6-10-22)20(30)25-15(9-5-7-11-23)19(29)26-16(12-33)21(31)32/h13-17,33H,3-12,22-24H2,1-2H3,(H,25,30)(H,26,29)(H,27,28)(H,31,32). The minimum Gasteiger partial charge on any atom is -0.480 e. The monoisotopic (exact) mass is 490 g/mol. The highest BCUT2D eigenvalue weighted by Crippen LogP contribution is 2.11. The molecule has 0 heterocycles. The Labute approximate surface area is 201 Å². The molecular weight excluding hydrogens is 448 g/mol. The molecule has 0 aliphatic carbocycles. The van der Waals surface area contributed by atoms with Gasteiger partial charge in [-0.3, -0.25) is 14.4 Å². The lowest BCUT2D eigenvalue weighted by Gasteiger charge is -2.28. The van der Waals surface area contributed by atoms with Crippen molar-refractivity contribution in [1.29, 1.82) is 0 Å².